The summed E-state index contributed by atoms with van der Waals surface area (Å²) in [6.07, 6.45) is 0.332. The fraction of sp³-hybridized carbons (Fsp3) is 0.333. The van der Waals surface area contributed by atoms with Crippen LogP contribution in [0, 0.1) is 13.8 Å². The highest BCUT2D eigenvalue weighted by Crippen LogP contribution is 2.21. The molecule has 0 saturated carbocycles. The molecular weight excluding hydrogens is 326 g/mol. The van der Waals surface area contributed by atoms with Gasteiger partial charge in [-0.25, -0.2) is 8.42 Å². The van der Waals surface area contributed by atoms with Crippen LogP contribution < -0.4 is 9.80 Å². The van der Waals surface area contributed by atoms with Crippen molar-refractivity contribution < 1.29 is 18.4 Å². The Kier molecular flexibility index (Phi) is 5.85. The quantitative estimate of drug-likeness (QED) is 0.776. The Morgan fingerprint density at radius 3 is 2.33 bits per heavy atom. The topological polar surface area (TPSA) is 66.8 Å². The van der Waals surface area contributed by atoms with Crippen LogP contribution in [-0.2, 0) is 9.84 Å². The number of benzene rings is 2. The van der Waals surface area contributed by atoms with E-state index in [1.54, 1.807) is 12.1 Å². The third-order valence-corrected chi connectivity index (χ3v) is 5.65. The highest BCUT2D eigenvalue weighted by molar-refractivity contribution is 7.91. The van der Waals surface area contributed by atoms with Gasteiger partial charge < -0.3 is 4.74 Å². The first kappa shape index (κ1) is 18.3. The normalized spacial score (nSPS) is 11.3. The molecule has 0 fully saturated rings. The average Bonchev–Trinajstić information content (AvgIpc) is 2.54. The van der Waals surface area contributed by atoms with Crippen molar-refractivity contribution in [2.24, 2.45) is 0 Å². The summed E-state index contributed by atoms with van der Waals surface area (Å²) in [6.45, 7) is 4.15. The SMILES string of the molecule is COc1ccc(S(=O)(=O)CCCN(O)c2ccc(C)cc2C)cc1. The molecule has 2 aromatic carbocycles. The summed E-state index contributed by atoms with van der Waals surface area (Å²) in [6, 6.07) is 12.1. The fourth-order valence-electron chi connectivity index (χ4n) is 2.52. The van der Waals surface area contributed by atoms with E-state index in [1.807, 2.05) is 32.0 Å². The molecule has 0 aromatic heterocycles. The second kappa shape index (κ2) is 7.68. The summed E-state index contributed by atoms with van der Waals surface area (Å²) < 4.78 is 29.7. The number of methoxy groups -OCH3 is 1. The Bertz CT molecular complexity index is 785. The van der Waals surface area contributed by atoms with Gasteiger partial charge in [-0.3, -0.25) is 10.3 Å². The lowest BCUT2D eigenvalue weighted by molar-refractivity contribution is 0.254. The Morgan fingerprint density at radius 2 is 1.75 bits per heavy atom. The maximum absolute atomic E-state index is 12.3. The first-order chi connectivity index (χ1) is 11.3. The van der Waals surface area contributed by atoms with Crippen molar-refractivity contribution in [3.05, 3.63) is 53.6 Å². The van der Waals surface area contributed by atoms with Gasteiger partial charge in [-0.1, -0.05) is 17.7 Å². The molecule has 0 heterocycles. The van der Waals surface area contributed by atoms with Crippen molar-refractivity contribution in [2.75, 3.05) is 24.5 Å². The maximum Gasteiger partial charge on any atom is 0.178 e. The molecule has 5 nitrogen and oxygen atoms in total. The third-order valence-electron chi connectivity index (χ3n) is 3.83. The van der Waals surface area contributed by atoms with E-state index in [0.717, 1.165) is 16.2 Å². The number of nitrogens with zero attached hydrogens (tertiary/aromatic N) is 1. The summed E-state index contributed by atoms with van der Waals surface area (Å²) in [5.74, 6) is 0.590. The van der Waals surface area contributed by atoms with Gasteiger partial charge in [0.15, 0.2) is 9.84 Å². The minimum absolute atomic E-state index is 0.0265. The predicted octanol–water partition coefficient (Wildman–Crippen LogP) is 3.37. The number of hydrogen-bond acceptors (Lipinski definition) is 5. The zero-order chi connectivity index (χ0) is 17.7. The van der Waals surface area contributed by atoms with Crippen LogP contribution in [0.1, 0.15) is 17.5 Å². The molecule has 1 N–H and O–H groups in total. The first-order valence-electron chi connectivity index (χ1n) is 7.74. The van der Waals surface area contributed by atoms with Crippen molar-refractivity contribution >= 4 is 15.5 Å². The van der Waals surface area contributed by atoms with Crippen LogP contribution in [0.25, 0.3) is 0 Å². The molecule has 0 aliphatic carbocycles. The minimum atomic E-state index is -3.37. The number of aryl methyl sites for hydroxylation is 2. The van der Waals surface area contributed by atoms with Crippen molar-refractivity contribution in [1.82, 2.24) is 0 Å². The van der Waals surface area contributed by atoms with Crippen LogP contribution in [0.5, 0.6) is 5.75 Å². The molecule has 2 rings (SSSR count). The third kappa shape index (κ3) is 4.49. The lowest BCUT2D eigenvalue weighted by atomic mass is 10.1. The number of anilines is 1. The van der Waals surface area contributed by atoms with Crippen LogP contribution in [0.3, 0.4) is 0 Å². The van der Waals surface area contributed by atoms with Gasteiger partial charge >= 0.3 is 0 Å². The van der Waals surface area contributed by atoms with E-state index in [2.05, 4.69) is 0 Å². The van der Waals surface area contributed by atoms with Gasteiger partial charge in [0.2, 0.25) is 0 Å². The van der Waals surface area contributed by atoms with E-state index in [-0.39, 0.29) is 17.2 Å². The molecule has 130 valence electrons. The molecule has 0 aliphatic rings. The van der Waals surface area contributed by atoms with Gasteiger partial charge in [0.1, 0.15) is 5.75 Å². The molecule has 0 aliphatic heterocycles. The van der Waals surface area contributed by atoms with Gasteiger partial charge in [-0.15, -0.1) is 0 Å². The molecule has 24 heavy (non-hydrogen) atoms. The zero-order valence-corrected chi connectivity index (χ0v) is 15.0. The zero-order valence-electron chi connectivity index (χ0n) is 14.2. The van der Waals surface area contributed by atoms with Crippen LogP contribution in [0.2, 0.25) is 0 Å². The van der Waals surface area contributed by atoms with Gasteiger partial charge in [0.05, 0.1) is 23.4 Å². The molecule has 0 spiro atoms. The van der Waals surface area contributed by atoms with Crippen LogP contribution in [0.15, 0.2) is 47.4 Å². The second-order valence-corrected chi connectivity index (χ2v) is 7.87. The largest absolute Gasteiger partial charge is 0.497 e. The molecular formula is C18H23NO4S. The number of rotatable bonds is 7. The van der Waals surface area contributed by atoms with Crippen LogP contribution in [-0.4, -0.2) is 33.0 Å². The van der Waals surface area contributed by atoms with Gasteiger partial charge in [0.25, 0.3) is 0 Å². The summed E-state index contributed by atoms with van der Waals surface area (Å²) in [5, 5.41) is 11.3. The number of ether oxygens (including phenoxy) is 1. The van der Waals surface area contributed by atoms with Crippen molar-refractivity contribution in [2.45, 2.75) is 25.2 Å². The molecule has 0 unspecified atom stereocenters. The lowest BCUT2D eigenvalue weighted by Crippen LogP contribution is -2.22. The second-order valence-electron chi connectivity index (χ2n) is 5.76. The summed E-state index contributed by atoms with van der Waals surface area (Å²) >= 11 is 0. The summed E-state index contributed by atoms with van der Waals surface area (Å²) in [4.78, 5) is 0.263. The summed E-state index contributed by atoms with van der Waals surface area (Å²) in [5.41, 5.74) is 2.77. The Labute approximate surface area is 143 Å². The monoisotopic (exact) mass is 349 g/mol. The first-order valence-corrected chi connectivity index (χ1v) is 9.39. The number of hydroxylamine groups is 1. The minimum Gasteiger partial charge on any atom is -0.497 e. The van der Waals surface area contributed by atoms with E-state index in [0.29, 0.717) is 17.9 Å². The molecule has 0 saturated heterocycles. The average molecular weight is 349 g/mol. The smallest absolute Gasteiger partial charge is 0.178 e. The fourth-order valence-corrected chi connectivity index (χ4v) is 3.82. The molecule has 0 amide bonds. The number of sulfone groups is 1. The molecule has 6 heteroatoms. The van der Waals surface area contributed by atoms with E-state index in [1.165, 1.54) is 19.2 Å². The highest BCUT2D eigenvalue weighted by atomic mass is 32.2. The molecule has 2 aromatic rings. The molecule has 0 bridgehead atoms. The van der Waals surface area contributed by atoms with Crippen molar-refractivity contribution in [3.8, 4) is 5.75 Å². The Hall–Kier alpha value is -2.05. The van der Waals surface area contributed by atoms with Gasteiger partial charge in [-0.05, 0) is 56.2 Å². The van der Waals surface area contributed by atoms with Crippen LogP contribution >= 0.6 is 0 Å². The van der Waals surface area contributed by atoms with Crippen LogP contribution in [0.4, 0.5) is 5.69 Å². The predicted molar refractivity (Wildman–Crippen MR) is 94.7 cm³/mol. The van der Waals surface area contributed by atoms with E-state index >= 15 is 0 Å². The molecule has 0 radical (unpaired) electrons. The van der Waals surface area contributed by atoms with E-state index in [9.17, 15) is 13.6 Å². The van der Waals surface area contributed by atoms with Crippen molar-refractivity contribution in [3.63, 3.8) is 0 Å². The van der Waals surface area contributed by atoms with E-state index in [4.69, 9.17) is 4.74 Å². The highest BCUT2D eigenvalue weighted by Gasteiger charge is 2.15. The lowest BCUT2D eigenvalue weighted by Gasteiger charge is -2.19. The summed E-state index contributed by atoms with van der Waals surface area (Å²) in [7, 11) is -1.84. The number of hydrogen-bond donors (Lipinski definition) is 1. The molecule has 0 atom stereocenters. The standard InChI is InChI=1S/C18H23NO4S/c1-14-5-10-18(15(2)13-14)19(20)11-4-12-24(21,22)17-8-6-16(23-3)7-9-17/h5-10,13,20H,4,11-12H2,1-3H3. The van der Waals surface area contributed by atoms with Gasteiger partial charge in [0, 0.05) is 6.54 Å². The van der Waals surface area contributed by atoms with E-state index < -0.39 is 9.84 Å². The Morgan fingerprint density at radius 1 is 1.08 bits per heavy atom. The van der Waals surface area contributed by atoms with Crippen molar-refractivity contribution in [1.29, 1.82) is 0 Å². The Balaban J connectivity index is 1.96. The van der Waals surface area contributed by atoms with Gasteiger partial charge in [-0.2, -0.15) is 0 Å². The maximum atomic E-state index is 12.3.